The zero-order valence-corrected chi connectivity index (χ0v) is 17.0. The van der Waals surface area contributed by atoms with Crippen molar-refractivity contribution in [3.05, 3.63) is 81.7 Å². The van der Waals surface area contributed by atoms with Crippen molar-refractivity contribution >= 4 is 44.6 Å². The van der Waals surface area contributed by atoms with Gasteiger partial charge in [-0.2, -0.15) is 0 Å². The minimum atomic E-state index is -0.179. The van der Waals surface area contributed by atoms with Gasteiger partial charge < -0.3 is 5.32 Å². The molecule has 0 atom stereocenters. The molecule has 2 aromatic heterocycles. The maximum atomic E-state index is 13.2. The molecule has 0 aliphatic carbocycles. The Kier molecular flexibility index (Phi) is 4.93. The third-order valence-corrected chi connectivity index (χ3v) is 5.56. The largest absolute Gasteiger partial charge is 0.331 e. The third kappa shape index (κ3) is 3.54. The van der Waals surface area contributed by atoms with Gasteiger partial charge in [-0.15, -0.1) is 11.3 Å². The molecule has 0 bridgehead atoms. The molecule has 0 fully saturated rings. The molecule has 0 unspecified atom stereocenters. The van der Waals surface area contributed by atoms with Crippen LogP contribution in [0.4, 0.5) is 5.69 Å². The van der Waals surface area contributed by atoms with E-state index >= 15 is 0 Å². The molecule has 2 aromatic carbocycles. The van der Waals surface area contributed by atoms with Gasteiger partial charge in [0, 0.05) is 16.1 Å². The van der Waals surface area contributed by atoms with Gasteiger partial charge >= 0.3 is 0 Å². The number of aryl methyl sites for hydroxylation is 2. The van der Waals surface area contributed by atoms with E-state index in [-0.39, 0.29) is 5.56 Å². The number of anilines is 1. The first-order chi connectivity index (χ1) is 13.5. The van der Waals surface area contributed by atoms with Gasteiger partial charge in [-0.25, -0.2) is 9.66 Å². The number of hydrogen-bond acceptors (Lipinski definition) is 4. The van der Waals surface area contributed by atoms with Crippen LogP contribution in [0.5, 0.6) is 0 Å². The number of hydrogen-bond donors (Lipinski definition) is 2. The van der Waals surface area contributed by atoms with Crippen LogP contribution in [-0.2, 0) is 0 Å². The lowest BCUT2D eigenvalue weighted by molar-refractivity contribution is 0.899. The van der Waals surface area contributed by atoms with E-state index in [9.17, 15) is 4.79 Å². The molecule has 0 aliphatic rings. The van der Waals surface area contributed by atoms with E-state index in [2.05, 4.69) is 15.7 Å². The van der Waals surface area contributed by atoms with Crippen LogP contribution in [0.15, 0.2) is 65.7 Å². The Morgan fingerprint density at radius 2 is 1.89 bits per heavy atom. The Morgan fingerprint density at radius 1 is 1.11 bits per heavy atom. The molecule has 0 radical (unpaired) electrons. The number of fused-ring (bicyclic) bond motifs is 1. The Hall–Kier alpha value is -3.03. The Bertz CT molecular complexity index is 1230. The van der Waals surface area contributed by atoms with Crippen LogP contribution in [0.1, 0.15) is 10.4 Å². The fourth-order valence-electron chi connectivity index (χ4n) is 3.13. The highest BCUT2D eigenvalue weighted by molar-refractivity contribution is 7.80. The van der Waals surface area contributed by atoms with E-state index in [0.717, 1.165) is 32.1 Å². The number of benzene rings is 2. The molecular formula is C21H18N4OS2. The van der Waals surface area contributed by atoms with E-state index in [4.69, 9.17) is 12.2 Å². The van der Waals surface area contributed by atoms with Gasteiger partial charge in [0.05, 0.1) is 5.39 Å². The molecule has 2 heterocycles. The Morgan fingerprint density at radius 3 is 2.64 bits per heavy atom. The number of aromatic nitrogens is 2. The first-order valence-electron chi connectivity index (χ1n) is 8.74. The lowest BCUT2D eigenvalue weighted by Gasteiger charge is -2.12. The smallest absolute Gasteiger partial charge is 0.281 e. The minimum absolute atomic E-state index is 0.179. The van der Waals surface area contributed by atoms with Crippen LogP contribution in [0, 0.1) is 13.8 Å². The molecule has 0 saturated heterocycles. The summed E-state index contributed by atoms with van der Waals surface area (Å²) in [6.07, 6.45) is 1.47. The second-order valence-corrected chi connectivity index (χ2v) is 8.05. The summed E-state index contributed by atoms with van der Waals surface area (Å²) < 4.78 is 1.33. The predicted molar refractivity (Wildman–Crippen MR) is 121 cm³/mol. The normalized spacial score (nSPS) is 10.8. The fourth-order valence-corrected chi connectivity index (χ4v) is 4.35. The van der Waals surface area contributed by atoms with Gasteiger partial charge in [0.25, 0.3) is 5.56 Å². The Balaban J connectivity index is 1.70. The van der Waals surface area contributed by atoms with Gasteiger partial charge in [0.15, 0.2) is 5.11 Å². The van der Waals surface area contributed by atoms with E-state index in [1.165, 1.54) is 22.3 Å². The molecule has 0 spiro atoms. The minimum Gasteiger partial charge on any atom is -0.331 e. The molecule has 4 rings (SSSR count). The van der Waals surface area contributed by atoms with Crippen molar-refractivity contribution < 1.29 is 0 Å². The van der Waals surface area contributed by atoms with Gasteiger partial charge in [-0.05, 0) is 49.3 Å². The van der Waals surface area contributed by atoms with Crippen molar-refractivity contribution in [3.8, 4) is 11.1 Å². The van der Waals surface area contributed by atoms with Crippen molar-refractivity contribution in [2.45, 2.75) is 13.8 Å². The second-order valence-electron chi connectivity index (χ2n) is 6.43. The Labute approximate surface area is 171 Å². The number of rotatable bonds is 3. The van der Waals surface area contributed by atoms with Crippen LogP contribution >= 0.6 is 23.6 Å². The summed E-state index contributed by atoms with van der Waals surface area (Å²) in [4.78, 5) is 19.4. The highest BCUT2D eigenvalue weighted by Gasteiger charge is 2.17. The summed E-state index contributed by atoms with van der Waals surface area (Å²) in [5.41, 5.74) is 6.65. The standard InChI is InChI=1S/C21H18N4OS2/c1-13-7-6-10-16(11-13)23-21(27)24-25-12-22-19-18(20(25)26)17(14(2)28-19)15-8-4-3-5-9-15/h3-12H,1-2H3,(H2,23,24,27). The van der Waals surface area contributed by atoms with Gasteiger partial charge in [-0.3, -0.25) is 10.2 Å². The molecule has 0 amide bonds. The molecular weight excluding hydrogens is 388 g/mol. The van der Waals surface area contributed by atoms with E-state index in [1.807, 2.05) is 68.4 Å². The van der Waals surface area contributed by atoms with E-state index < -0.39 is 0 Å². The van der Waals surface area contributed by atoms with Crippen LogP contribution in [-0.4, -0.2) is 14.8 Å². The average molecular weight is 407 g/mol. The van der Waals surface area contributed by atoms with Crippen molar-refractivity contribution in [1.29, 1.82) is 0 Å². The summed E-state index contributed by atoms with van der Waals surface area (Å²) in [6.45, 7) is 4.02. The lowest BCUT2D eigenvalue weighted by atomic mass is 10.0. The molecule has 0 aliphatic heterocycles. The number of nitrogens with one attached hydrogen (secondary N) is 2. The summed E-state index contributed by atoms with van der Waals surface area (Å²) in [6, 6.07) is 17.7. The zero-order chi connectivity index (χ0) is 19.7. The topological polar surface area (TPSA) is 58.9 Å². The third-order valence-electron chi connectivity index (χ3n) is 4.35. The zero-order valence-electron chi connectivity index (χ0n) is 15.4. The van der Waals surface area contributed by atoms with Crippen LogP contribution in [0.2, 0.25) is 0 Å². The monoisotopic (exact) mass is 406 g/mol. The number of thiophene rings is 1. The van der Waals surface area contributed by atoms with Crippen LogP contribution in [0.25, 0.3) is 21.3 Å². The van der Waals surface area contributed by atoms with Crippen molar-refractivity contribution in [3.63, 3.8) is 0 Å². The summed E-state index contributed by atoms with van der Waals surface area (Å²) >= 11 is 6.89. The predicted octanol–water partition coefficient (Wildman–Crippen LogP) is 4.68. The molecule has 28 heavy (non-hydrogen) atoms. The van der Waals surface area contributed by atoms with Crippen molar-refractivity contribution in [2.24, 2.45) is 0 Å². The van der Waals surface area contributed by atoms with Gasteiger partial charge in [0.2, 0.25) is 0 Å². The summed E-state index contributed by atoms with van der Waals surface area (Å²) in [5, 5.41) is 4.01. The van der Waals surface area contributed by atoms with Crippen molar-refractivity contribution in [1.82, 2.24) is 9.66 Å². The van der Waals surface area contributed by atoms with E-state index in [1.54, 1.807) is 0 Å². The maximum Gasteiger partial charge on any atom is 0.281 e. The highest BCUT2D eigenvalue weighted by atomic mass is 32.1. The van der Waals surface area contributed by atoms with Crippen LogP contribution < -0.4 is 16.3 Å². The van der Waals surface area contributed by atoms with E-state index in [0.29, 0.717) is 10.5 Å². The molecule has 0 saturated carbocycles. The van der Waals surface area contributed by atoms with Gasteiger partial charge in [-0.1, -0.05) is 42.5 Å². The molecule has 4 aromatic rings. The molecule has 140 valence electrons. The maximum absolute atomic E-state index is 13.2. The summed E-state index contributed by atoms with van der Waals surface area (Å²) in [5.74, 6) is 0. The molecule has 2 N–H and O–H groups in total. The molecule has 7 heteroatoms. The SMILES string of the molecule is Cc1cccc(NC(=S)Nn2cnc3sc(C)c(-c4ccccc4)c3c2=O)c1. The van der Waals surface area contributed by atoms with Crippen molar-refractivity contribution in [2.75, 3.05) is 10.7 Å². The summed E-state index contributed by atoms with van der Waals surface area (Å²) in [7, 11) is 0. The van der Waals surface area contributed by atoms with Gasteiger partial charge in [0.1, 0.15) is 11.2 Å². The number of thiocarbonyl (C=S) groups is 1. The molecule has 5 nitrogen and oxygen atoms in total. The highest BCUT2D eigenvalue weighted by Crippen LogP contribution is 2.35. The first-order valence-corrected chi connectivity index (χ1v) is 9.96. The fraction of sp³-hybridized carbons (Fsp3) is 0.0952. The average Bonchev–Trinajstić information content (AvgIpc) is 3.01. The van der Waals surface area contributed by atoms with Crippen LogP contribution in [0.3, 0.4) is 0 Å². The first kappa shape index (κ1) is 18.3. The second kappa shape index (κ2) is 7.53. The quantitative estimate of drug-likeness (QED) is 0.484. The lowest BCUT2D eigenvalue weighted by Crippen LogP contribution is -2.35. The number of nitrogens with zero attached hydrogens (tertiary/aromatic N) is 2.